The molecule has 1 unspecified atom stereocenters. The Kier molecular flexibility index (Phi) is 6.78. The summed E-state index contributed by atoms with van der Waals surface area (Å²) >= 11 is 1.65. The van der Waals surface area contributed by atoms with Crippen molar-refractivity contribution in [1.82, 2.24) is 5.32 Å². The molecular formula is C13H19NO3S. The average Bonchev–Trinajstić information content (AvgIpc) is 2.42. The summed E-state index contributed by atoms with van der Waals surface area (Å²) in [7, 11) is 0. The fourth-order valence-corrected chi connectivity index (χ4v) is 1.81. The largest absolute Gasteiger partial charge is 0.387 e. The van der Waals surface area contributed by atoms with Crippen LogP contribution in [0, 0.1) is 0 Å². The van der Waals surface area contributed by atoms with Crippen LogP contribution in [0.15, 0.2) is 29.2 Å². The van der Waals surface area contributed by atoms with Crippen LogP contribution in [0.4, 0.5) is 0 Å². The van der Waals surface area contributed by atoms with Crippen LogP contribution in [0.3, 0.4) is 0 Å². The first-order valence-corrected chi connectivity index (χ1v) is 7.06. The van der Waals surface area contributed by atoms with Crippen molar-refractivity contribution in [2.24, 2.45) is 0 Å². The van der Waals surface area contributed by atoms with E-state index >= 15 is 0 Å². The van der Waals surface area contributed by atoms with Crippen molar-refractivity contribution in [2.75, 3.05) is 26.0 Å². The van der Waals surface area contributed by atoms with Crippen LogP contribution in [0.5, 0.6) is 0 Å². The number of carbonyl (C=O) groups excluding carboxylic acids is 1. The van der Waals surface area contributed by atoms with Gasteiger partial charge in [-0.2, -0.15) is 0 Å². The van der Waals surface area contributed by atoms with Crippen LogP contribution in [0.2, 0.25) is 0 Å². The van der Waals surface area contributed by atoms with Crippen LogP contribution in [-0.4, -0.2) is 37.0 Å². The number of rotatable bonds is 7. The summed E-state index contributed by atoms with van der Waals surface area (Å²) in [6.07, 6.45) is 1.31. The Bertz CT molecular complexity index is 367. The molecule has 0 radical (unpaired) electrons. The molecule has 0 aliphatic heterocycles. The van der Waals surface area contributed by atoms with Gasteiger partial charge in [-0.1, -0.05) is 12.1 Å². The summed E-state index contributed by atoms with van der Waals surface area (Å²) in [6, 6.07) is 7.63. The van der Waals surface area contributed by atoms with Crippen molar-refractivity contribution >= 4 is 17.7 Å². The number of thioether (sulfide) groups is 1. The fraction of sp³-hybridized carbons (Fsp3) is 0.462. The smallest absolute Gasteiger partial charge is 0.246 e. The molecular weight excluding hydrogens is 250 g/mol. The molecule has 0 heterocycles. The van der Waals surface area contributed by atoms with E-state index in [1.807, 2.05) is 37.4 Å². The number of hydrogen-bond donors (Lipinski definition) is 2. The first-order chi connectivity index (χ1) is 8.67. The molecule has 2 N–H and O–H groups in total. The van der Waals surface area contributed by atoms with Crippen LogP contribution >= 0.6 is 11.8 Å². The number of hydrogen-bond acceptors (Lipinski definition) is 4. The number of amides is 1. The third-order valence-electron chi connectivity index (χ3n) is 2.43. The van der Waals surface area contributed by atoms with Gasteiger partial charge in [0.05, 0.1) is 6.10 Å². The Labute approximate surface area is 112 Å². The van der Waals surface area contributed by atoms with Crippen LogP contribution < -0.4 is 5.32 Å². The standard InChI is InChI=1S/C13H19NO3S/c1-3-17-9-13(16)14-8-12(15)10-4-6-11(18-2)7-5-10/h4-7,12,15H,3,8-9H2,1-2H3,(H,14,16). The lowest BCUT2D eigenvalue weighted by Crippen LogP contribution is -2.31. The summed E-state index contributed by atoms with van der Waals surface area (Å²) in [5.41, 5.74) is 0.796. The van der Waals surface area contributed by atoms with Gasteiger partial charge < -0.3 is 15.2 Å². The maximum absolute atomic E-state index is 11.3. The van der Waals surface area contributed by atoms with E-state index in [1.165, 1.54) is 0 Å². The summed E-state index contributed by atoms with van der Waals surface area (Å²) in [5.74, 6) is -0.211. The second-order valence-corrected chi connectivity index (χ2v) is 4.61. The number of nitrogens with one attached hydrogen (secondary N) is 1. The van der Waals surface area contributed by atoms with Crippen molar-refractivity contribution in [3.63, 3.8) is 0 Å². The molecule has 0 aliphatic rings. The lowest BCUT2D eigenvalue weighted by Gasteiger charge is -2.12. The molecule has 0 saturated heterocycles. The highest BCUT2D eigenvalue weighted by Gasteiger charge is 2.09. The van der Waals surface area contributed by atoms with Gasteiger partial charge in [0.2, 0.25) is 5.91 Å². The highest BCUT2D eigenvalue weighted by atomic mass is 32.2. The van der Waals surface area contributed by atoms with Crippen LogP contribution in [-0.2, 0) is 9.53 Å². The summed E-state index contributed by atoms with van der Waals surface area (Å²) < 4.78 is 4.97. The van der Waals surface area contributed by atoms with E-state index in [2.05, 4.69) is 5.32 Å². The second-order valence-electron chi connectivity index (χ2n) is 3.73. The Morgan fingerprint density at radius 2 is 2.11 bits per heavy atom. The first kappa shape index (κ1) is 15.0. The molecule has 1 aromatic rings. The Morgan fingerprint density at radius 3 is 2.67 bits per heavy atom. The lowest BCUT2D eigenvalue weighted by atomic mass is 10.1. The molecule has 1 atom stereocenters. The van der Waals surface area contributed by atoms with Gasteiger partial charge >= 0.3 is 0 Å². The normalized spacial score (nSPS) is 12.2. The zero-order chi connectivity index (χ0) is 13.4. The lowest BCUT2D eigenvalue weighted by molar-refractivity contribution is -0.126. The number of aliphatic hydroxyl groups excluding tert-OH is 1. The predicted molar refractivity (Wildman–Crippen MR) is 72.7 cm³/mol. The summed E-state index contributed by atoms with van der Waals surface area (Å²) in [4.78, 5) is 12.4. The monoisotopic (exact) mass is 269 g/mol. The maximum atomic E-state index is 11.3. The second kappa shape index (κ2) is 8.13. The molecule has 1 aromatic carbocycles. The van der Waals surface area contributed by atoms with Crippen molar-refractivity contribution in [3.8, 4) is 0 Å². The number of carbonyl (C=O) groups is 1. The maximum Gasteiger partial charge on any atom is 0.246 e. The molecule has 4 nitrogen and oxygen atoms in total. The highest BCUT2D eigenvalue weighted by Crippen LogP contribution is 2.18. The molecule has 0 fully saturated rings. The zero-order valence-electron chi connectivity index (χ0n) is 10.7. The van der Waals surface area contributed by atoms with Crippen molar-refractivity contribution in [1.29, 1.82) is 0 Å². The molecule has 5 heteroatoms. The summed E-state index contributed by atoms with van der Waals surface area (Å²) in [6.45, 7) is 2.57. The minimum absolute atomic E-state index is 0.0363. The highest BCUT2D eigenvalue weighted by molar-refractivity contribution is 7.98. The van der Waals surface area contributed by atoms with Gasteiger partial charge in [-0.15, -0.1) is 11.8 Å². The minimum atomic E-state index is -0.688. The van der Waals surface area contributed by atoms with E-state index in [9.17, 15) is 9.90 Å². The van der Waals surface area contributed by atoms with Gasteiger partial charge in [-0.05, 0) is 30.9 Å². The van der Waals surface area contributed by atoms with E-state index in [-0.39, 0.29) is 19.1 Å². The third-order valence-corrected chi connectivity index (χ3v) is 3.17. The Morgan fingerprint density at radius 1 is 1.44 bits per heavy atom. The molecule has 0 bridgehead atoms. The molecule has 0 saturated carbocycles. The van der Waals surface area contributed by atoms with Gasteiger partial charge in [-0.25, -0.2) is 0 Å². The summed E-state index contributed by atoms with van der Waals surface area (Å²) in [5, 5.41) is 12.5. The minimum Gasteiger partial charge on any atom is -0.387 e. The molecule has 0 aromatic heterocycles. The molecule has 0 aliphatic carbocycles. The SMILES string of the molecule is CCOCC(=O)NCC(O)c1ccc(SC)cc1. The van der Waals surface area contributed by atoms with E-state index in [4.69, 9.17) is 4.74 Å². The van der Waals surface area contributed by atoms with Gasteiger partial charge in [0, 0.05) is 18.0 Å². The Hall–Kier alpha value is -1.04. The molecule has 1 rings (SSSR count). The van der Waals surface area contributed by atoms with E-state index in [1.54, 1.807) is 11.8 Å². The first-order valence-electron chi connectivity index (χ1n) is 5.83. The van der Waals surface area contributed by atoms with Crippen molar-refractivity contribution in [3.05, 3.63) is 29.8 Å². The molecule has 0 spiro atoms. The zero-order valence-corrected chi connectivity index (χ0v) is 11.5. The van der Waals surface area contributed by atoms with Gasteiger partial charge in [0.15, 0.2) is 0 Å². The average molecular weight is 269 g/mol. The predicted octanol–water partition coefficient (Wildman–Crippen LogP) is 1.59. The van der Waals surface area contributed by atoms with Crippen molar-refractivity contribution < 1.29 is 14.6 Å². The molecule has 18 heavy (non-hydrogen) atoms. The van der Waals surface area contributed by atoms with Gasteiger partial charge in [-0.3, -0.25) is 4.79 Å². The topological polar surface area (TPSA) is 58.6 Å². The number of benzene rings is 1. The molecule has 1 amide bonds. The fourth-order valence-electron chi connectivity index (χ4n) is 1.40. The Balaban J connectivity index is 2.39. The number of aliphatic hydroxyl groups is 1. The van der Waals surface area contributed by atoms with E-state index < -0.39 is 6.10 Å². The van der Waals surface area contributed by atoms with E-state index in [0.717, 1.165) is 10.5 Å². The quantitative estimate of drug-likeness (QED) is 0.738. The van der Waals surface area contributed by atoms with Crippen LogP contribution in [0.1, 0.15) is 18.6 Å². The van der Waals surface area contributed by atoms with Gasteiger partial charge in [0.1, 0.15) is 6.61 Å². The molecule has 100 valence electrons. The van der Waals surface area contributed by atoms with Crippen LogP contribution in [0.25, 0.3) is 0 Å². The van der Waals surface area contributed by atoms with Gasteiger partial charge in [0.25, 0.3) is 0 Å². The van der Waals surface area contributed by atoms with Crippen molar-refractivity contribution in [2.45, 2.75) is 17.9 Å². The third kappa shape index (κ3) is 5.08. The van der Waals surface area contributed by atoms with E-state index in [0.29, 0.717) is 6.61 Å². The number of ether oxygens (including phenoxy) is 1.